The molecular formula is C16H30N2O3. The van der Waals surface area contributed by atoms with E-state index in [9.17, 15) is 9.90 Å². The van der Waals surface area contributed by atoms with Crippen LogP contribution in [-0.4, -0.2) is 53.5 Å². The number of hydrogen-bond donors (Lipinski definition) is 2. The molecule has 5 nitrogen and oxygen atoms in total. The van der Waals surface area contributed by atoms with E-state index in [4.69, 9.17) is 4.74 Å². The maximum Gasteiger partial charge on any atom is 0.410 e. The number of ether oxygens (including phenoxy) is 1. The number of nitrogens with zero attached hydrogens (tertiary/aromatic N) is 1. The number of hydrogen-bond acceptors (Lipinski definition) is 4. The van der Waals surface area contributed by atoms with Gasteiger partial charge in [0.1, 0.15) is 5.60 Å². The molecule has 0 aromatic heterocycles. The Morgan fingerprint density at radius 2 is 2.00 bits per heavy atom. The topological polar surface area (TPSA) is 61.8 Å². The molecule has 2 rings (SSSR count). The Morgan fingerprint density at radius 3 is 2.67 bits per heavy atom. The number of rotatable bonds is 3. The Labute approximate surface area is 128 Å². The van der Waals surface area contributed by atoms with E-state index in [-0.39, 0.29) is 12.7 Å². The quantitative estimate of drug-likeness (QED) is 0.838. The molecule has 3 atom stereocenters. The van der Waals surface area contributed by atoms with Gasteiger partial charge in [-0.2, -0.15) is 0 Å². The van der Waals surface area contributed by atoms with Crippen LogP contribution in [0.15, 0.2) is 0 Å². The molecule has 1 saturated carbocycles. The third kappa shape index (κ3) is 4.85. The summed E-state index contributed by atoms with van der Waals surface area (Å²) in [5.74, 6) is 0.370. The molecule has 0 aromatic rings. The molecule has 2 aliphatic rings. The van der Waals surface area contributed by atoms with E-state index in [0.717, 1.165) is 25.8 Å². The fourth-order valence-corrected chi connectivity index (χ4v) is 3.34. The molecule has 2 fully saturated rings. The van der Waals surface area contributed by atoms with Crippen LogP contribution in [0, 0.1) is 5.92 Å². The second kappa shape index (κ2) is 6.97. The van der Waals surface area contributed by atoms with Crippen LogP contribution in [0.5, 0.6) is 0 Å². The SMILES string of the molecule is CC(C)(C)OC(=O)N1CC[C@@H](N[C@@H]2CCCC[C@@H]2CO)C1. The van der Waals surface area contributed by atoms with Crippen LogP contribution >= 0.6 is 0 Å². The van der Waals surface area contributed by atoms with Gasteiger partial charge in [-0.15, -0.1) is 0 Å². The maximum atomic E-state index is 12.1. The lowest BCUT2D eigenvalue weighted by molar-refractivity contribution is 0.0288. The highest BCUT2D eigenvalue weighted by molar-refractivity contribution is 5.68. The van der Waals surface area contributed by atoms with Crippen molar-refractivity contribution in [2.75, 3.05) is 19.7 Å². The monoisotopic (exact) mass is 298 g/mol. The highest BCUT2D eigenvalue weighted by Crippen LogP contribution is 2.25. The van der Waals surface area contributed by atoms with Crippen LogP contribution in [0.3, 0.4) is 0 Å². The van der Waals surface area contributed by atoms with Gasteiger partial charge in [0.05, 0.1) is 0 Å². The zero-order chi connectivity index (χ0) is 15.5. The van der Waals surface area contributed by atoms with Crippen molar-refractivity contribution < 1.29 is 14.6 Å². The summed E-state index contributed by atoms with van der Waals surface area (Å²) in [6.07, 6.45) is 5.45. The molecule has 1 heterocycles. The first kappa shape index (κ1) is 16.6. The average molecular weight is 298 g/mol. The molecule has 0 spiro atoms. The highest BCUT2D eigenvalue weighted by Gasteiger charge is 2.33. The lowest BCUT2D eigenvalue weighted by Crippen LogP contribution is -2.47. The molecule has 0 unspecified atom stereocenters. The first-order valence-electron chi connectivity index (χ1n) is 8.24. The van der Waals surface area contributed by atoms with Gasteiger partial charge in [0.25, 0.3) is 0 Å². The first-order valence-corrected chi connectivity index (χ1v) is 8.24. The summed E-state index contributed by atoms with van der Waals surface area (Å²) in [5.41, 5.74) is -0.437. The van der Waals surface area contributed by atoms with Gasteiger partial charge < -0.3 is 20.1 Å². The number of aliphatic hydroxyl groups excluding tert-OH is 1. The number of aliphatic hydroxyl groups is 1. The largest absolute Gasteiger partial charge is 0.444 e. The molecule has 1 saturated heterocycles. The van der Waals surface area contributed by atoms with Crippen molar-refractivity contribution in [3.8, 4) is 0 Å². The van der Waals surface area contributed by atoms with E-state index in [0.29, 0.717) is 24.5 Å². The second-order valence-electron chi connectivity index (χ2n) is 7.41. The predicted molar refractivity (Wildman–Crippen MR) is 82.2 cm³/mol. The van der Waals surface area contributed by atoms with Gasteiger partial charge in [0.15, 0.2) is 0 Å². The van der Waals surface area contributed by atoms with E-state index in [2.05, 4.69) is 5.32 Å². The molecule has 0 aromatic carbocycles. The maximum absolute atomic E-state index is 12.1. The van der Waals surface area contributed by atoms with E-state index >= 15 is 0 Å². The number of likely N-dealkylation sites (tertiary alicyclic amines) is 1. The summed E-state index contributed by atoms with van der Waals surface area (Å²) < 4.78 is 5.42. The van der Waals surface area contributed by atoms with Crippen LogP contribution in [0.2, 0.25) is 0 Å². The molecule has 1 amide bonds. The molecule has 1 aliphatic heterocycles. The van der Waals surface area contributed by atoms with Crippen molar-refractivity contribution in [1.29, 1.82) is 0 Å². The van der Waals surface area contributed by atoms with Gasteiger partial charge in [0.2, 0.25) is 0 Å². The summed E-state index contributed by atoms with van der Waals surface area (Å²) in [6.45, 7) is 7.41. The minimum atomic E-state index is -0.437. The second-order valence-corrected chi connectivity index (χ2v) is 7.41. The van der Waals surface area contributed by atoms with Crippen molar-refractivity contribution >= 4 is 6.09 Å². The van der Waals surface area contributed by atoms with Crippen LogP contribution < -0.4 is 5.32 Å². The summed E-state index contributed by atoms with van der Waals surface area (Å²) >= 11 is 0. The number of carbonyl (C=O) groups is 1. The molecular weight excluding hydrogens is 268 g/mol. The predicted octanol–water partition coefficient (Wildman–Crippen LogP) is 2.14. The van der Waals surface area contributed by atoms with Crippen molar-refractivity contribution in [2.45, 2.75) is 70.6 Å². The van der Waals surface area contributed by atoms with Crippen LogP contribution in [0.25, 0.3) is 0 Å². The van der Waals surface area contributed by atoms with Gasteiger partial charge >= 0.3 is 6.09 Å². The van der Waals surface area contributed by atoms with Gasteiger partial charge in [-0.05, 0) is 46.0 Å². The zero-order valence-electron chi connectivity index (χ0n) is 13.6. The number of nitrogens with one attached hydrogen (secondary N) is 1. The molecule has 5 heteroatoms. The molecule has 1 aliphatic carbocycles. The lowest BCUT2D eigenvalue weighted by atomic mass is 9.84. The van der Waals surface area contributed by atoms with Crippen LogP contribution in [0.4, 0.5) is 4.79 Å². The fraction of sp³-hybridized carbons (Fsp3) is 0.938. The summed E-state index contributed by atoms with van der Waals surface area (Å²) in [5, 5.41) is 13.1. The summed E-state index contributed by atoms with van der Waals surface area (Å²) in [7, 11) is 0. The molecule has 122 valence electrons. The van der Waals surface area contributed by atoms with Crippen LogP contribution in [-0.2, 0) is 4.74 Å². The summed E-state index contributed by atoms with van der Waals surface area (Å²) in [6, 6.07) is 0.724. The molecule has 0 bridgehead atoms. The zero-order valence-corrected chi connectivity index (χ0v) is 13.6. The standard InChI is InChI=1S/C16H30N2O3/c1-16(2,3)21-15(20)18-9-8-13(10-18)17-14-7-5-4-6-12(14)11-19/h12-14,17,19H,4-11H2,1-3H3/t12-,13-,14-/m1/s1. The van der Waals surface area contributed by atoms with Crippen molar-refractivity contribution in [2.24, 2.45) is 5.92 Å². The minimum Gasteiger partial charge on any atom is -0.444 e. The third-order valence-electron chi connectivity index (χ3n) is 4.43. The van der Waals surface area contributed by atoms with E-state index < -0.39 is 5.60 Å². The van der Waals surface area contributed by atoms with E-state index in [1.165, 1.54) is 12.8 Å². The minimum absolute atomic E-state index is 0.214. The molecule has 0 radical (unpaired) electrons. The smallest absolute Gasteiger partial charge is 0.410 e. The molecule has 2 N–H and O–H groups in total. The third-order valence-corrected chi connectivity index (χ3v) is 4.43. The Kier molecular flexibility index (Phi) is 5.49. The molecule has 21 heavy (non-hydrogen) atoms. The lowest BCUT2D eigenvalue weighted by Gasteiger charge is -2.33. The fourth-order valence-electron chi connectivity index (χ4n) is 3.34. The van der Waals surface area contributed by atoms with E-state index in [1.807, 2.05) is 20.8 Å². The van der Waals surface area contributed by atoms with Gasteiger partial charge in [-0.25, -0.2) is 4.79 Å². The Morgan fingerprint density at radius 1 is 1.29 bits per heavy atom. The van der Waals surface area contributed by atoms with Crippen molar-refractivity contribution in [1.82, 2.24) is 10.2 Å². The van der Waals surface area contributed by atoms with Crippen molar-refractivity contribution in [3.63, 3.8) is 0 Å². The van der Waals surface area contributed by atoms with Crippen LogP contribution in [0.1, 0.15) is 52.9 Å². The Balaban J connectivity index is 1.80. The van der Waals surface area contributed by atoms with Crippen molar-refractivity contribution in [3.05, 3.63) is 0 Å². The Bertz CT molecular complexity index is 354. The summed E-state index contributed by atoms with van der Waals surface area (Å²) in [4.78, 5) is 13.8. The first-order chi connectivity index (χ1) is 9.89. The van der Waals surface area contributed by atoms with Gasteiger partial charge in [-0.1, -0.05) is 12.8 Å². The van der Waals surface area contributed by atoms with Gasteiger partial charge in [0, 0.05) is 31.8 Å². The normalized spacial score (nSPS) is 30.5. The average Bonchev–Trinajstić information content (AvgIpc) is 2.86. The highest BCUT2D eigenvalue weighted by atomic mass is 16.6. The Hall–Kier alpha value is -0.810. The van der Waals surface area contributed by atoms with E-state index in [1.54, 1.807) is 4.90 Å². The number of carbonyl (C=O) groups excluding carboxylic acids is 1. The van der Waals surface area contributed by atoms with Gasteiger partial charge in [-0.3, -0.25) is 0 Å². The number of amides is 1.